The fourth-order valence-corrected chi connectivity index (χ4v) is 2.12. The van der Waals surface area contributed by atoms with Crippen molar-refractivity contribution in [2.45, 2.75) is 38.8 Å². The molecule has 1 aliphatic rings. The van der Waals surface area contributed by atoms with E-state index in [0.717, 1.165) is 6.61 Å². The summed E-state index contributed by atoms with van der Waals surface area (Å²) in [6.07, 6.45) is 2.56. The number of piperidine rings is 1. The number of likely N-dealkylation sites (tertiary alicyclic amines) is 1. The van der Waals surface area contributed by atoms with Crippen molar-refractivity contribution in [3.8, 4) is 0 Å². The Morgan fingerprint density at radius 3 is 2.57 bits per heavy atom. The predicted molar refractivity (Wildman–Crippen MR) is 59.6 cm³/mol. The van der Waals surface area contributed by atoms with Crippen LogP contribution in [0.25, 0.3) is 0 Å². The molecule has 1 saturated heterocycles. The van der Waals surface area contributed by atoms with Gasteiger partial charge in [0.05, 0.1) is 6.61 Å². The Labute approximate surface area is 87.8 Å². The van der Waals surface area contributed by atoms with Gasteiger partial charge in [-0.1, -0.05) is 6.92 Å². The maximum atomic E-state index is 5.11. The zero-order valence-corrected chi connectivity index (χ0v) is 9.75. The van der Waals surface area contributed by atoms with Gasteiger partial charge in [0.25, 0.3) is 0 Å². The molecule has 3 nitrogen and oxygen atoms in total. The summed E-state index contributed by atoms with van der Waals surface area (Å²) in [6.45, 7) is 8.92. The summed E-state index contributed by atoms with van der Waals surface area (Å²) in [5.74, 6) is 0. The lowest BCUT2D eigenvalue weighted by atomic mass is 10.0. The van der Waals surface area contributed by atoms with Gasteiger partial charge >= 0.3 is 0 Å². The molecule has 0 saturated carbocycles. The van der Waals surface area contributed by atoms with Crippen LogP contribution in [0.3, 0.4) is 0 Å². The third-order valence-electron chi connectivity index (χ3n) is 2.97. The molecule has 0 aromatic carbocycles. The fraction of sp³-hybridized carbons (Fsp3) is 1.00. The van der Waals surface area contributed by atoms with Crippen molar-refractivity contribution in [3.05, 3.63) is 0 Å². The molecule has 14 heavy (non-hydrogen) atoms. The van der Waals surface area contributed by atoms with Crippen LogP contribution >= 0.6 is 0 Å². The van der Waals surface area contributed by atoms with E-state index in [2.05, 4.69) is 24.1 Å². The maximum absolute atomic E-state index is 5.11. The van der Waals surface area contributed by atoms with Gasteiger partial charge in [-0.05, 0) is 39.4 Å². The van der Waals surface area contributed by atoms with Crippen LogP contribution in [0.5, 0.6) is 0 Å². The van der Waals surface area contributed by atoms with E-state index in [4.69, 9.17) is 4.74 Å². The Morgan fingerprint density at radius 1 is 1.43 bits per heavy atom. The second-order valence-corrected chi connectivity index (χ2v) is 4.23. The van der Waals surface area contributed by atoms with Crippen LogP contribution < -0.4 is 5.32 Å². The average Bonchev–Trinajstić information content (AvgIpc) is 2.19. The Hall–Kier alpha value is -0.120. The van der Waals surface area contributed by atoms with E-state index in [1.807, 2.05) is 0 Å². The van der Waals surface area contributed by atoms with Crippen molar-refractivity contribution in [2.24, 2.45) is 0 Å². The second-order valence-electron chi connectivity index (χ2n) is 4.23. The Kier molecular flexibility index (Phi) is 5.45. The molecule has 1 aliphatic heterocycles. The molecule has 0 aliphatic carbocycles. The fourth-order valence-electron chi connectivity index (χ4n) is 2.12. The summed E-state index contributed by atoms with van der Waals surface area (Å²) in [6, 6.07) is 1.18. The monoisotopic (exact) mass is 200 g/mol. The largest absolute Gasteiger partial charge is 0.383 e. The quantitative estimate of drug-likeness (QED) is 0.719. The normalized spacial score (nSPS) is 22.5. The predicted octanol–water partition coefficient (Wildman–Crippen LogP) is 1.10. The molecule has 84 valence electrons. The molecule has 0 amide bonds. The van der Waals surface area contributed by atoms with E-state index in [0.29, 0.717) is 12.1 Å². The molecule has 1 rings (SSSR count). The topological polar surface area (TPSA) is 24.5 Å². The lowest BCUT2D eigenvalue weighted by molar-refractivity contribution is 0.149. The molecule has 1 atom stereocenters. The molecule has 0 radical (unpaired) electrons. The van der Waals surface area contributed by atoms with E-state index in [1.165, 1.54) is 32.5 Å². The number of methoxy groups -OCH3 is 1. The highest BCUT2D eigenvalue weighted by atomic mass is 16.5. The van der Waals surface area contributed by atoms with Gasteiger partial charge in [-0.2, -0.15) is 0 Å². The van der Waals surface area contributed by atoms with Crippen LogP contribution in [-0.4, -0.2) is 50.3 Å². The number of nitrogens with zero attached hydrogens (tertiary/aromatic N) is 1. The standard InChI is InChI=1S/C11H24N2O/c1-4-13-7-5-11(6-8-13)12-10(2)9-14-3/h10-12H,4-9H2,1-3H3. The number of nitrogens with one attached hydrogen (secondary N) is 1. The lowest BCUT2D eigenvalue weighted by Crippen LogP contribution is -2.46. The smallest absolute Gasteiger partial charge is 0.0613 e. The lowest BCUT2D eigenvalue weighted by Gasteiger charge is -2.33. The molecule has 1 heterocycles. The van der Waals surface area contributed by atoms with Crippen LogP contribution in [0.2, 0.25) is 0 Å². The van der Waals surface area contributed by atoms with Crippen molar-refractivity contribution >= 4 is 0 Å². The molecule has 1 unspecified atom stereocenters. The molecule has 0 aromatic heterocycles. The molecule has 0 bridgehead atoms. The van der Waals surface area contributed by atoms with Crippen molar-refractivity contribution in [1.82, 2.24) is 10.2 Å². The van der Waals surface area contributed by atoms with Crippen molar-refractivity contribution in [3.63, 3.8) is 0 Å². The van der Waals surface area contributed by atoms with Crippen molar-refractivity contribution < 1.29 is 4.74 Å². The summed E-state index contributed by atoms with van der Waals surface area (Å²) in [5, 5.41) is 3.61. The Morgan fingerprint density at radius 2 is 2.07 bits per heavy atom. The van der Waals surface area contributed by atoms with Gasteiger partial charge in [-0.3, -0.25) is 0 Å². The summed E-state index contributed by atoms with van der Waals surface area (Å²) in [5.41, 5.74) is 0. The van der Waals surface area contributed by atoms with Crippen molar-refractivity contribution in [1.29, 1.82) is 0 Å². The zero-order chi connectivity index (χ0) is 10.4. The molecular formula is C11H24N2O. The van der Waals surface area contributed by atoms with E-state index in [-0.39, 0.29) is 0 Å². The van der Waals surface area contributed by atoms with Crippen LogP contribution in [-0.2, 0) is 4.74 Å². The van der Waals surface area contributed by atoms with E-state index >= 15 is 0 Å². The van der Waals surface area contributed by atoms with Gasteiger partial charge in [-0.25, -0.2) is 0 Å². The third-order valence-corrected chi connectivity index (χ3v) is 2.97. The molecule has 1 fully saturated rings. The van der Waals surface area contributed by atoms with E-state index in [9.17, 15) is 0 Å². The van der Waals surface area contributed by atoms with Gasteiger partial charge in [0.1, 0.15) is 0 Å². The SMILES string of the molecule is CCN1CCC(NC(C)COC)CC1. The first-order chi connectivity index (χ1) is 6.76. The number of ether oxygens (including phenoxy) is 1. The minimum Gasteiger partial charge on any atom is -0.383 e. The average molecular weight is 200 g/mol. The molecule has 1 N–H and O–H groups in total. The van der Waals surface area contributed by atoms with Crippen molar-refractivity contribution in [2.75, 3.05) is 33.4 Å². The van der Waals surface area contributed by atoms with Crippen LogP contribution in [0.15, 0.2) is 0 Å². The van der Waals surface area contributed by atoms with E-state index < -0.39 is 0 Å². The molecule has 0 aromatic rings. The highest BCUT2D eigenvalue weighted by Gasteiger charge is 2.18. The summed E-state index contributed by atoms with van der Waals surface area (Å²) < 4.78 is 5.11. The van der Waals surface area contributed by atoms with E-state index in [1.54, 1.807) is 7.11 Å². The number of hydrogen-bond donors (Lipinski definition) is 1. The number of hydrogen-bond acceptors (Lipinski definition) is 3. The van der Waals surface area contributed by atoms with Gasteiger partial charge < -0.3 is 15.0 Å². The minimum atomic E-state index is 0.484. The van der Waals surface area contributed by atoms with Gasteiger partial charge in [0, 0.05) is 19.2 Å². The second kappa shape index (κ2) is 6.38. The van der Waals surface area contributed by atoms with Crippen LogP contribution in [0.1, 0.15) is 26.7 Å². The molecule has 3 heteroatoms. The van der Waals surface area contributed by atoms with Gasteiger partial charge in [-0.15, -0.1) is 0 Å². The van der Waals surface area contributed by atoms with Crippen LogP contribution in [0.4, 0.5) is 0 Å². The number of rotatable bonds is 5. The van der Waals surface area contributed by atoms with Gasteiger partial charge in [0.2, 0.25) is 0 Å². The third kappa shape index (κ3) is 3.95. The Balaban J connectivity index is 2.15. The Bertz CT molecular complexity index is 144. The highest BCUT2D eigenvalue weighted by Crippen LogP contribution is 2.10. The minimum absolute atomic E-state index is 0.484. The zero-order valence-electron chi connectivity index (χ0n) is 9.75. The van der Waals surface area contributed by atoms with Gasteiger partial charge in [0.15, 0.2) is 0 Å². The highest BCUT2D eigenvalue weighted by molar-refractivity contribution is 4.78. The summed E-state index contributed by atoms with van der Waals surface area (Å²) >= 11 is 0. The molecular weight excluding hydrogens is 176 g/mol. The van der Waals surface area contributed by atoms with Crippen LogP contribution in [0, 0.1) is 0 Å². The maximum Gasteiger partial charge on any atom is 0.0613 e. The first-order valence-electron chi connectivity index (χ1n) is 5.73. The molecule has 0 spiro atoms. The first kappa shape index (κ1) is 12.0. The summed E-state index contributed by atoms with van der Waals surface area (Å²) in [7, 11) is 1.76. The first-order valence-corrected chi connectivity index (χ1v) is 5.73. The summed E-state index contributed by atoms with van der Waals surface area (Å²) in [4.78, 5) is 2.51.